The molecule has 0 aromatic heterocycles. The molecule has 0 saturated carbocycles. The molecule has 226 valence electrons. The molecule has 42 heavy (non-hydrogen) atoms. The summed E-state index contributed by atoms with van der Waals surface area (Å²) >= 11 is 1.83. The molecule has 0 N–H and O–H groups in total. The Balaban J connectivity index is 1.17. The average molecular weight is 591 g/mol. The second kappa shape index (κ2) is 14.3. The van der Waals surface area contributed by atoms with Gasteiger partial charge in [-0.05, 0) is 57.4 Å². The molecule has 0 radical (unpaired) electrons. The van der Waals surface area contributed by atoms with Crippen LogP contribution in [0.4, 0.5) is 0 Å². The zero-order valence-corrected chi connectivity index (χ0v) is 25.9. The number of thioether (sulfide) groups is 1. The molecule has 5 rings (SSSR count). The van der Waals surface area contributed by atoms with E-state index in [1.54, 1.807) is 6.08 Å². The summed E-state index contributed by atoms with van der Waals surface area (Å²) in [5.41, 5.74) is 0.690. The smallest absolute Gasteiger partial charge is 0.309 e. The van der Waals surface area contributed by atoms with Gasteiger partial charge in [0, 0.05) is 27.9 Å². The van der Waals surface area contributed by atoms with Crippen LogP contribution >= 0.6 is 11.8 Å². The van der Waals surface area contributed by atoms with Crippen LogP contribution < -0.4 is 0 Å². The van der Waals surface area contributed by atoms with Crippen LogP contribution in [0.2, 0.25) is 0 Å². The fourth-order valence-electron chi connectivity index (χ4n) is 6.86. The molecule has 1 saturated heterocycles. The Bertz CT molecular complexity index is 1160. The summed E-state index contributed by atoms with van der Waals surface area (Å²) < 4.78 is 18.3. The second-order valence-electron chi connectivity index (χ2n) is 12.4. The van der Waals surface area contributed by atoms with Crippen LogP contribution in [-0.4, -0.2) is 42.6 Å². The van der Waals surface area contributed by atoms with Crippen LogP contribution in [0.15, 0.2) is 83.9 Å². The van der Waals surface area contributed by atoms with Gasteiger partial charge < -0.3 is 14.2 Å². The van der Waals surface area contributed by atoms with Gasteiger partial charge in [0.2, 0.25) is 0 Å². The number of allylic oxidation sites excluding steroid dienone is 8. The summed E-state index contributed by atoms with van der Waals surface area (Å²) in [5, 5.41) is 0.183. The third kappa shape index (κ3) is 7.14. The van der Waals surface area contributed by atoms with E-state index in [9.17, 15) is 9.59 Å². The quantitative estimate of drug-likeness (QED) is 0.181. The van der Waals surface area contributed by atoms with Gasteiger partial charge in [-0.3, -0.25) is 9.59 Å². The fraction of sp³-hybridized carbons (Fsp3) is 0.556. The lowest BCUT2D eigenvalue weighted by molar-refractivity contribution is -0.175. The van der Waals surface area contributed by atoms with Crippen molar-refractivity contribution >= 4 is 23.7 Å². The summed E-state index contributed by atoms with van der Waals surface area (Å²) in [6, 6.07) is 0. The number of hydrogen-bond acceptors (Lipinski definition) is 6. The lowest BCUT2D eigenvalue weighted by atomic mass is 9.67. The fourth-order valence-corrected chi connectivity index (χ4v) is 8.17. The first kappa shape index (κ1) is 30.9. The third-order valence-corrected chi connectivity index (χ3v) is 11.2. The van der Waals surface area contributed by atoms with Crippen molar-refractivity contribution in [3.8, 4) is 0 Å². The van der Waals surface area contributed by atoms with Gasteiger partial charge in [0.05, 0.1) is 30.0 Å². The van der Waals surface area contributed by atoms with Crippen molar-refractivity contribution in [2.45, 2.75) is 82.7 Å². The molecule has 5 aliphatic rings. The van der Waals surface area contributed by atoms with Crippen molar-refractivity contribution in [2.75, 3.05) is 13.2 Å². The Labute approximate surface area is 255 Å². The van der Waals surface area contributed by atoms with Crippen LogP contribution in [0.1, 0.15) is 65.2 Å². The molecule has 0 spiro atoms. The van der Waals surface area contributed by atoms with Gasteiger partial charge in [-0.2, -0.15) is 0 Å². The number of esters is 2. The highest BCUT2D eigenvalue weighted by atomic mass is 32.2. The number of carbonyl (C=O) groups excluding carboxylic acids is 2. The van der Waals surface area contributed by atoms with E-state index in [0.29, 0.717) is 12.8 Å². The summed E-state index contributed by atoms with van der Waals surface area (Å²) in [6.07, 6.45) is 30.1. The largest absolute Gasteiger partial charge is 0.465 e. The van der Waals surface area contributed by atoms with Crippen LogP contribution in [0.25, 0.3) is 0 Å². The van der Waals surface area contributed by atoms with E-state index < -0.39 is 5.41 Å². The number of ether oxygens (including phenoxy) is 3. The molecule has 5 nitrogen and oxygen atoms in total. The lowest BCUT2D eigenvalue weighted by Crippen LogP contribution is -2.51. The molecule has 7 atom stereocenters. The van der Waals surface area contributed by atoms with Gasteiger partial charge in [-0.15, -0.1) is 18.3 Å². The van der Waals surface area contributed by atoms with E-state index >= 15 is 0 Å². The highest BCUT2D eigenvalue weighted by molar-refractivity contribution is 8.04. The maximum Gasteiger partial charge on any atom is 0.309 e. The predicted molar refractivity (Wildman–Crippen MR) is 170 cm³/mol. The topological polar surface area (TPSA) is 61.8 Å². The van der Waals surface area contributed by atoms with Gasteiger partial charge in [-0.25, -0.2) is 0 Å². The Morgan fingerprint density at radius 1 is 0.976 bits per heavy atom. The van der Waals surface area contributed by atoms with E-state index in [1.807, 2.05) is 24.8 Å². The minimum absolute atomic E-state index is 0.0448. The van der Waals surface area contributed by atoms with E-state index in [-0.39, 0.29) is 66.3 Å². The summed E-state index contributed by atoms with van der Waals surface area (Å²) in [6.45, 7) is 8.53. The predicted octanol–water partition coefficient (Wildman–Crippen LogP) is 7.83. The number of hydrogen-bond donors (Lipinski definition) is 0. The first-order valence-electron chi connectivity index (χ1n) is 15.8. The van der Waals surface area contributed by atoms with E-state index in [1.165, 1.54) is 10.5 Å². The van der Waals surface area contributed by atoms with Crippen LogP contribution in [-0.2, 0) is 23.8 Å². The lowest BCUT2D eigenvalue weighted by Gasteiger charge is -2.47. The molecule has 1 aliphatic heterocycles. The van der Waals surface area contributed by atoms with Crippen LogP contribution in [0.3, 0.4) is 0 Å². The Hall–Kier alpha value is -2.57. The monoisotopic (exact) mass is 590 g/mol. The molecule has 0 aromatic carbocycles. The van der Waals surface area contributed by atoms with Gasteiger partial charge in [0.25, 0.3) is 0 Å². The second-order valence-corrected chi connectivity index (χ2v) is 13.6. The van der Waals surface area contributed by atoms with Gasteiger partial charge >= 0.3 is 11.9 Å². The van der Waals surface area contributed by atoms with E-state index in [0.717, 1.165) is 38.5 Å². The molecular weight excluding hydrogens is 544 g/mol. The standard InChI is InChI=1S/C36H46O5S/c1-4-36(5-2,23-39-33(37)22-26-15-7-13-21-32(26)42-31-20-12-6-14-25(31)3)24-40-35(38)34-27-16-8-10-18-29(27)41-30-19-11-9-17-28(30)34/h4,7,10-11,13-15,18-21,26-30,32,34H,1,5-6,8-9,12,16-17,22-24H2,2-3H3. The molecule has 6 heteroatoms. The van der Waals surface area contributed by atoms with Crippen molar-refractivity contribution in [2.24, 2.45) is 29.1 Å². The third-order valence-electron chi connectivity index (χ3n) is 9.69. The van der Waals surface area contributed by atoms with Crippen LogP contribution in [0.5, 0.6) is 0 Å². The van der Waals surface area contributed by atoms with Gasteiger partial charge in [-0.1, -0.05) is 73.8 Å². The van der Waals surface area contributed by atoms with Crippen molar-refractivity contribution in [3.63, 3.8) is 0 Å². The number of fused-ring (bicyclic) bond motifs is 2. The van der Waals surface area contributed by atoms with Gasteiger partial charge in [0.15, 0.2) is 0 Å². The van der Waals surface area contributed by atoms with E-state index in [2.05, 4.69) is 68.2 Å². The minimum Gasteiger partial charge on any atom is -0.465 e. The molecule has 0 amide bonds. The van der Waals surface area contributed by atoms with Crippen molar-refractivity contribution in [1.82, 2.24) is 0 Å². The minimum atomic E-state index is -0.625. The first-order valence-corrected chi connectivity index (χ1v) is 16.6. The van der Waals surface area contributed by atoms with Crippen LogP contribution in [0, 0.1) is 29.1 Å². The zero-order valence-electron chi connectivity index (χ0n) is 25.1. The van der Waals surface area contributed by atoms with Crippen molar-refractivity contribution < 1.29 is 23.8 Å². The first-order chi connectivity index (χ1) is 20.4. The Kier molecular flexibility index (Phi) is 10.5. The Morgan fingerprint density at radius 2 is 1.64 bits per heavy atom. The molecule has 1 heterocycles. The Morgan fingerprint density at radius 3 is 2.31 bits per heavy atom. The molecule has 0 aromatic rings. The molecule has 0 bridgehead atoms. The molecular formula is C36H46O5S. The SMILES string of the molecule is C=CC(CC)(COC(=O)CC1C=CC=CC1SC1=CCCC=C1C)COC(=O)C1C2CCC=CC2OC2C=CCCC21. The number of rotatable bonds is 11. The van der Waals surface area contributed by atoms with Crippen molar-refractivity contribution in [1.29, 1.82) is 0 Å². The van der Waals surface area contributed by atoms with E-state index in [4.69, 9.17) is 14.2 Å². The van der Waals surface area contributed by atoms with Crippen molar-refractivity contribution in [3.05, 3.63) is 83.9 Å². The zero-order chi connectivity index (χ0) is 29.5. The average Bonchev–Trinajstić information content (AvgIpc) is 3.02. The normalized spacial score (nSPS) is 33.0. The maximum absolute atomic E-state index is 13.7. The highest BCUT2D eigenvalue weighted by Gasteiger charge is 2.49. The molecule has 7 unspecified atom stereocenters. The molecule has 4 aliphatic carbocycles. The van der Waals surface area contributed by atoms with Gasteiger partial charge in [0.1, 0.15) is 13.2 Å². The number of carbonyl (C=O) groups is 2. The summed E-state index contributed by atoms with van der Waals surface area (Å²) in [5.74, 6) is -0.243. The highest BCUT2D eigenvalue weighted by Crippen LogP contribution is 2.45. The molecule has 1 fully saturated rings. The summed E-state index contributed by atoms with van der Waals surface area (Å²) in [4.78, 5) is 28.1. The summed E-state index contributed by atoms with van der Waals surface area (Å²) in [7, 11) is 0. The maximum atomic E-state index is 13.7.